The Balaban J connectivity index is 1.46. The number of rotatable bonds is 10. The van der Waals surface area contributed by atoms with Crippen molar-refractivity contribution in [3.05, 3.63) is 71.4 Å². The Labute approximate surface area is 211 Å². The van der Waals surface area contributed by atoms with Crippen molar-refractivity contribution in [2.24, 2.45) is 0 Å². The number of benzene rings is 2. The van der Waals surface area contributed by atoms with Gasteiger partial charge in [-0.3, -0.25) is 0 Å². The summed E-state index contributed by atoms with van der Waals surface area (Å²) >= 11 is 0. The summed E-state index contributed by atoms with van der Waals surface area (Å²) in [5, 5.41) is 5.90. The van der Waals surface area contributed by atoms with Crippen LogP contribution in [-0.2, 0) is 12.6 Å². The van der Waals surface area contributed by atoms with Crippen LogP contribution in [0.25, 0.3) is 0 Å². The molecule has 7 heteroatoms. The summed E-state index contributed by atoms with van der Waals surface area (Å²) in [6.45, 7) is 2.19. The second-order valence-corrected chi connectivity index (χ2v) is 9.67. The smallest absolute Gasteiger partial charge is 0.340 e. The van der Waals surface area contributed by atoms with Crippen LogP contribution >= 0.6 is 0 Å². The molecule has 0 atom stereocenters. The molecule has 4 nitrogen and oxygen atoms in total. The second kappa shape index (κ2) is 12.2. The number of alkyl halides is 3. The van der Waals surface area contributed by atoms with Crippen molar-refractivity contribution in [2.75, 3.05) is 10.6 Å². The average Bonchev–Trinajstić information content (AvgIpc) is 2.88. The third kappa shape index (κ3) is 7.21. The molecule has 3 aromatic rings. The minimum absolute atomic E-state index is 0.111. The van der Waals surface area contributed by atoms with Gasteiger partial charge >= 0.3 is 6.18 Å². The van der Waals surface area contributed by atoms with E-state index in [0.717, 1.165) is 24.7 Å². The van der Waals surface area contributed by atoms with Gasteiger partial charge in [0.2, 0.25) is 5.95 Å². The van der Waals surface area contributed by atoms with Crippen molar-refractivity contribution in [2.45, 2.75) is 83.2 Å². The van der Waals surface area contributed by atoms with E-state index in [1.807, 2.05) is 48.5 Å². The van der Waals surface area contributed by atoms with Crippen LogP contribution in [0.15, 0.2) is 54.7 Å². The summed E-state index contributed by atoms with van der Waals surface area (Å²) < 4.78 is 41.0. The van der Waals surface area contributed by atoms with Crippen molar-refractivity contribution in [1.29, 1.82) is 0 Å². The fourth-order valence-corrected chi connectivity index (χ4v) is 4.80. The molecule has 0 amide bonds. The van der Waals surface area contributed by atoms with Gasteiger partial charge in [0.05, 0.1) is 0 Å². The van der Waals surface area contributed by atoms with Crippen molar-refractivity contribution < 1.29 is 13.2 Å². The Morgan fingerprint density at radius 1 is 0.833 bits per heavy atom. The Kier molecular flexibility index (Phi) is 8.83. The van der Waals surface area contributed by atoms with Gasteiger partial charge in [-0.1, -0.05) is 69.7 Å². The highest BCUT2D eigenvalue weighted by molar-refractivity contribution is 5.63. The monoisotopic (exact) mass is 496 g/mol. The summed E-state index contributed by atoms with van der Waals surface area (Å²) in [5.41, 5.74) is 2.89. The van der Waals surface area contributed by atoms with E-state index in [9.17, 15) is 13.2 Å². The van der Waals surface area contributed by atoms with Crippen molar-refractivity contribution in [1.82, 2.24) is 9.97 Å². The fraction of sp³-hybridized carbons (Fsp3) is 0.448. The molecule has 0 aliphatic heterocycles. The molecule has 1 heterocycles. The molecular weight excluding hydrogens is 461 g/mol. The van der Waals surface area contributed by atoms with E-state index in [1.165, 1.54) is 62.5 Å². The minimum Gasteiger partial charge on any atom is -0.340 e. The van der Waals surface area contributed by atoms with E-state index in [2.05, 4.69) is 27.5 Å². The SMILES string of the molecule is CCCCCCc1ccc(Nc2ncc(C(F)(F)F)c(Nc3ccc(C4CCCCC4)cc3)n2)cc1. The number of unbranched alkanes of at least 4 members (excludes halogenated alkanes) is 3. The molecule has 1 aromatic heterocycles. The van der Waals surface area contributed by atoms with Crippen LogP contribution in [0.1, 0.15) is 87.3 Å². The molecule has 0 bridgehead atoms. The lowest BCUT2D eigenvalue weighted by molar-refractivity contribution is -0.137. The van der Waals surface area contributed by atoms with Gasteiger partial charge in [0.15, 0.2) is 0 Å². The quantitative estimate of drug-likeness (QED) is 0.275. The van der Waals surface area contributed by atoms with Gasteiger partial charge in [-0.25, -0.2) is 4.98 Å². The molecule has 2 N–H and O–H groups in total. The molecule has 36 heavy (non-hydrogen) atoms. The third-order valence-corrected chi connectivity index (χ3v) is 6.87. The lowest BCUT2D eigenvalue weighted by Crippen LogP contribution is -2.12. The summed E-state index contributed by atoms with van der Waals surface area (Å²) in [5.74, 6) is 0.383. The maximum Gasteiger partial charge on any atom is 0.421 e. The van der Waals surface area contributed by atoms with Crippen molar-refractivity contribution in [3.63, 3.8) is 0 Å². The Bertz CT molecular complexity index is 1090. The molecule has 0 spiro atoms. The molecule has 192 valence electrons. The van der Waals surface area contributed by atoms with Crippen molar-refractivity contribution >= 4 is 23.1 Å². The molecule has 1 aliphatic rings. The van der Waals surface area contributed by atoms with Crippen LogP contribution in [0.2, 0.25) is 0 Å². The van der Waals surface area contributed by atoms with Crippen molar-refractivity contribution in [3.8, 4) is 0 Å². The van der Waals surface area contributed by atoms with Gasteiger partial charge < -0.3 is 10.6 Å². The zero-order chi connectivity index (χ0) is 25.4. The zero-order valence-corrected chi connectivity index (χ0v) is 20.9. The number of hydrogen-bond acceptors (Lipinski definition) is 4. The van der Waals surface area contributed by atoms with Gasteiger partial charge in [-0.05, 0) is 67.0 Å². The van der Waals surface area contributed by atoms with Gasteiger partial charge in [-0.15, -0.1) is 0 Å². The first-order valence-corrected chi connectivity index (χ1v) is 13.1. The predicted octanol–water partition coefficient (Wildman–Crippen LogP) is 9.15. The van der Waals surface area contributed by atoms with E-state index in [1.54, 1.807) is 0 Å². The lowest BCUT2D eigenvalue weighted by Gasteiger charge is -2.22. The summed E-state index contributed by atoms with van der Waals surface area (Å²) in [4.78, 5) is 8.11. The second-order valence-electron chi connectivity index (χ2n) is 9.67. The summed E-state index contributed by atoms with van der Waals surface area (Å²) in [6, 6.07) is 15.6. The van der Waals surface area contributed by atoms with Gasteiger partial charge in [0.1, 0.15) is 11.4 Å². The highest BCUT2D eigenvalue weighted by Gasteiger charge is 2.35. The third-order valence-electron chi connectivity index (χ3n) is 6.87. The van der Waals surface area contributed by atoms with Crippen LogP contribution in [-0.4, -0.2) is 9.97 Å². The largest absolute Gasteiger partial charge is 0.421 e. The number of nitrogens with one attached hydrogen (secondary N) is 2. The molecule has 0 unspecified atom stereocenters. The predicted molar refractivity (Wildman–Crippen MR) is 140 cm³/mol. The van der Waals surface area contributed by atoms with Crippen LogP contribution in [0, 0.1) is 0 Å². The molecule has 0 radical (unpaired) electrons. The highest BCUT2D eigenvalue weighted by Crippen LogP contribution is 2.36. The van der Waals surface area contributed by atoms with Gasteiger partial charge in [0.25, 0.3) is 0 Å². The number of nitrogens with zero attached hydrogens (tertiary/aromatic N) is 2. The molecule has 2 aromatic carbocycles. The van der Waals surface area contributed by atoms with E-state index in [-0.39, 0.29) is 11.8 Å². The lowest BCUT2D eigenvalue weighted by atomic mass is 9.84. The molecule has 1 saturated carbocycles. The Morgan fingerprint density at radius 3 is 2.17 bits per heavy atom. The number of anilines is 4. The first kappa shape index (κ1) is 26.0. The Morgan fingerprint density at radius 2 is 1.50 bits per heavy atom. The average molecular weight is 497 g/mol. The zero-order valence-electron chi connectivity index (χ0n) is 20.9. The van der Waals surface area contributed by atoms with Crippen LogP contribution in [0.4, 0.5) is 36.3 Å². The van der Waals surface area contributed by atoms with E-state index in [4.69, 9.17) is 0 Å². The maximum absolute atomic E-state index is 13.7. The van der Waals surface area contributed by atoms with Gasteiger partial charge in [0, 0.05) is 17.6 Å². The molecule has 1 fully saturated rings. The highest BCUT2D eigenvalue weighted by atomic mass is 19.4. The number of hydrogen-bond donors (Lipinski definition) is 2. The van der Waals surface area contributed by atoms with Crippen LogP contribution in [0.3, 0.4) is 0 Å². The molecular formula is C29H35F3N4. The molecule has 0 saturated heterocycles. The van der Waals surface area contributed by atoms with Gasteiger partial charge in [-0.2, -0.15) is 18.2 Å². The van der Waals surface area contributed by atoms with E-state index >= 15 is 0 Å². The summed E-state index contributed by atoms with van der Waals surface area (Å²) in [6.07, 6.45) is 8.19. The molecule has 4 rings (SSSR count). The standard InChI is InChI=1S/C29H35F3N4/c1-2-3-4-6-9-21-12-16-25(17-13-21)35-28-33-20-26(29(30,31)32)27(36-28)34-24-18-14-23(15-19-24)22-10-7-5-8-11-22/h12-20,22H,2-11H2,1H3,(H2,33,34,35,36). The first-order chi connectivity index (χ1) is 17.4. The van der Waals surface area contributed by atoms with E-state index in [0.29, 0.717) is 11.6 Å². The Hall–Kier alpha value is -3.09. The van der Waals surface area contributed by atoms with Crippen LogP contribution in [0.5, 0.6) is 0 Å². The maximum atomic E-state index is 13.7. The molecule has 1 aliphatic carbocycles. The van der Waals surface area contributed by atoms with E-state index < -0.39 is 11.7 Å². The first-order valence-electron chi connectivity index (χ1n) is 13.1. The summed E-state index contributed by atoms with van der Waals surface area (Å²) in [7, 11) is 0. The topological polar surface area (TPSA) is 49.8 Å². The van der Waals surface area contributed by atoms with Crippen LogP contribution < -0.4 is 10.6 Å². The number of halogens is 3. The minimum atomic E-state index is -4.57. The number of aromatic nitrogens is 2. The fourth-order valence-electron chi connectivity index (χ4n) is 4.80. The number of aryl methyl sites for hydroxylation is 1. The normalized spacial score (nSPS) is 14.6.